The molecule has 1 aromatic heterocycles. The molecular weight excluding hydrogens is 681 g/mol. The maximum Gasteiger partial charge on any atom is 0.272 e. The number of anilines is 2. The third-order valence-electron chi connectivity index (χ3n) is 7.54. The SMILES string of the molecule is COc1cc(O)ccc1/C=C(/NC(=O)c1ccccc1)C(=O)Nc1cccc(SC(C(=O)Nc2nc(-c3ccccc3)cs2)c2ccccc2)c1. The molecule has 9 nitrogen and oxygen atoms in total. The lowest BCUT2D eigenvalue weighted by atomic mass is 10.1. The Morgan fingerprint density at radius 1 is 0.824 bits per heavy atom. The molecule has 0 fully saturated rings. The molecule has 4 N–H and O–H groups in total. The van der Waals surface area contributed by atoms with Crippen molar-refractivity contribution in [1.82, 2.24) is 10.3 Å². The Kier molecular flexibility index (Phi) is 11.2. The number of hydrogen-bond donors (Lipinski definition) is 4. The van der Waals surface area contributed by atoms with Crippen LogP contribution in [0.5, 0.6) is 11.5 Å². The molecule has 6 aromatic rings. The number of nitrogens with one attached hydrogen (secondary N) is 3. The fraction of sp³-hybridized carbons (Fsp3) is 0.0500. The van der Waals surface area contributed by atoms with E-state index in [-0.39, 0.29) is 17.4 Å². The van der Waals surface area contributed by atoms with E-state index in [9.17, 15) is 19.5 Å². The van der Waals surface area contributed by atoms with E-state index >= 15 is 0 Å². The van der Waals surface area contributed by atoms with Crippen LogP contribution >= 0.6 is 23.1 Å². The average Bonchev–Trinajstić information content (AvgIpc) is 3.63. The second-order valence-corrected chi connectivity index (χ2v) is 13.1. The number of benzene rings is 5. The maximum absolute atomic E-state index is 13.8. The van der Waals surface area contributed by atoms with Crippen LogP contribution in [0.15, 0.2) is 149 Å². The number of aromatic hydroxyl groups is 1. The number of aromatic nitrogens is 1. The first kappa shape index (κ1) is 34.7. The summed E-state index contributed by atoms with van der Waals surface area (Å²) in [6, 6.07) is 39.3. The molecule has 3 amide bonds. The molecule has 0 aliphatic rings. The highest BCUT2D eigenvalue weighted by Crippen LogP contribution is 2.38. The number of rotatable bonds is 12. The van der Waals surface area contributed by atoms with Gasteiger partial charge >= 0.3 is 0 Å². The van der Waals surface area contributed by atoms with Gasteiger partial charge in [0.25, 0.3) is 11.8 Å². The Hall–Kier alpha value is -6.17. The molecule has 0 spiro atoms. The Balaban J connectivity index is 1.23. The minimum Gasteiger partial charge on any atom is -0.508 e. The number of thiazole rings is 1. The van der Waals surface area contributed by atoms with Gasteiger partial charge in [0.2, 0.25) is 5.91 Å². The van der Waals surface area contributed by atoms with Crippen molar-refractivity contribution in [3.8, 4) is 22.8 Å². The largest absolute Gasteiger partial charge is 0.508 e. The van der Waals surface area contributed by atoms with Gasteiger partial charge in [-0.2, -0.15) is 0 Å². The van der Waals surface area contributed by atoms with Crippen LogP contribution in [-0.2, 0) is 9.59 Å². The van der Waals surface area contributed by atoms with Crippen LogP contribution in [0.4, 0.5) is 10.8 Å². The van der Waals surface area contributed by atoms with Crippen molar-refractivity contribution in [1.29, 1.82) is 0 Å². The van der Waals surface area contributed by atoms with Crippen molar-refractivity contribution >= 4 is 57.7 Å². The predicted octanol–water partition coefficient (Wildman–Crippen LogP) is 8.41. The highest BCUT2D eigenvalue weighted by Gasteiger charge is 2.24. The Bertz CT molecular complexity index is 2170. The number of thioether (sulfide) groups is 1. The third kappa shape index (κ3) is 9.09. The summed E-state index contributed by atoms with van der Waals surface area (Å²) in [5, 5.41) is 20.3. The normalized spacial score (nSPS) is 11.7. The minimum absolute atomic E-state index is 0.0105. The summed E-state index contributed by atoms with van der Waals surface area (Å²) in [6.07, 6.45) is 1.48. The van der Waals surface area contributed by atoms with Gasteiger partial charge in [0.15, 0.2) is 5.13 Å². The molecule has 0 radical (unpaired) electrons. The molecule has 0 saturated heterocycles. The number of methoxy groups -OCH3 is 1. The fourth-order valence-corrected chi connectivity index (χ4v) is 6.85. The van der Waals surface area contributed by atoms with Crippen molar-refractivity contribution in [2.45, 2.75) is 10.1 Å². The summed E-state index contributed by atoms with van der Waals surface area (Å²) in [4.78, 5) is 46.0. The molecule has 254 valence electrons. The zero-order valence-electron chi connectivity index (χ0n) is 27.3. The number of carbonyl (C=O) groups is 3. The van der Waals surface area contributed by atoms with E-state index in [0.29, 0.717) is 27.7 Å². The van der Waals surface area contributed by atoms with Crippen LogP contribution in [0.1, 0.15) is 26.7 Å². The van der Waals surface area contributed by atoms with Crippen molar-refractivity contribution in [3.63, 3.8) is 0 Å². The number of phenols is 1. The molecule has 6 rings (SSSR count). The maximum atomic E-state index is 13.8. The molecule has 0 aliphatic carbocycles. The summed E-state index contributed by atoms with van der Waals surface area (Å²) in [7, 11) is 1.44. The molecule has 0 bridgehead atoms. The molecule has 51 heavy (non-hydrogen) atoms. The molecule has 0 aliphatic heterocycles. The van der Waals surface area contributed by atoms with Crippen LogP contribution in [0, 0.1) is 0 Å². The molecule has 0 saturated carbocycles. The van der Waals surface area contributed by atoms with Crippen LogP contribution < -0.4 is 20.7 Å². The van der Waals surface area contributed by atoms with Crippen LogP contribution in [0.25, 0.3) is 17.3 Å². The fourth-order valence-electron chi connectivity index (χ4n) is 5.04. The summed E-state index contributed by atoms with van der Waals surface area (Å²) >= 11 is 2.68. The van der Waals surface area contributed by atoms with Gasteiger partial charge in [0.05, 0.1) is 12.8 Å². The smallest absolute Gasteiger partial charge is 0.272 e. The molecule has 1 unspecified atom stereocenters. The lowest BCUT2D eigenvalue weighted by molar-refractivity contribution is -0.116. The first-order chi connectivity index (χ1) is 24.9. The van der Waals surface area contributed by atoms with Crippen molar-refractivity contribution < 1.29 is 24.2 Å². The highest BCUT2D eigenvalue weighted by atomic mass is 32.2. The van der Waals surface area contributed by atoms with E-state index in [0.717, 1.165) is 21.7 Å². The van der Waals surface area contributed by atoms with Gasteiger partial charge < -0.3 is 25.8 Å². The summed E-state index contributed by atoms with van der Waals surface area (Å²) in [5.74, 6) is -1.01. The highest BCUT2D eigenvalue weighted by molar-refractivity contribution is 8.00. The summed E-state index contributed by atoms with van der Waals surface area (Å²) < 4.78 is 5.39. The van der Waals surface area contributed by atoms with Crippen molar-refractivity contribution in [2.75, 3.05) is 17.7 Å². The predicted molar refractivity (Wildman–Crippen MR) is 203 cm³/mol. The van der Waals surface area contributed by atoms with Gasteiger partial charge in [-0.05, 0) is 54.1 Å². The Morgan fingerprint density at radius 3 is 2.25 bits per heavy atom. The number of phenolic OH excluding ortho intramolecular Hbond substituents is 1. The van der Waals surface area contributed by atoms with Crippen LogP contribution in [0.3, 0.4) is 0 Å². The number of amides is 3. The Labute approximate surface area is 303 Å². The number of nitrogens with zero attached hydrogens (tertiary/aromatic N) is 1. The zero-order valence-corrected chi connectivity index (χ0v) is 28.9. The lowest BCUT2D eigenvalue weighted by Crippen LogP contribution is -2.30. The average molecular weight is 713 g/mol. The van der Waals surface area contributed by atoms with E-state index in [1.807, 2.05) is 72.1 Å². The first-order valence-corrected chi connectivity index (χ1v) is 17.5. The van der Waals surface area contributed by atoms with Gasteiger partial charge in [-0.15, -0.1) is 23.1 Å². The number of ether oxygens (including phenoxy) is 1. The topological polar surface area (TPSA) is 130 Å². The number of carbonyl (C=O) groups excluding carboxylic acids is 3. The summed E-state index contributed by atoms with van der Waals surface area (Å²) in [6.45, 7) is 0. The molecular formula is C40H32N4O5S2. The molecule has 5 aromatic carbocycles. The van der Waals surface area contributed by atoms with Gasteiger partial charge in [-0.3, -0.25) is 14.4 Å². The number of hydrogen-bond acceptors (Lipinski definition) is 8. The second kappa shape index (κ2) is 16.5. The van der Waals surface area contributed by atoms with Crippen molar-refractivity contribution in [2.24, 2.45) is 0 Å². The second-order valence-electron chi connectivity index (χ2n) is 11.1. The Morgan fingerprint density at radius 2 is 1.53 bits per heavy atom. The monoisotopic (exact) mass is 712 g/mol. The van der Waals surface area contributed by atoms with Crippen molar-refractivity contribution in [3.05, 3.63) is 161 Å². The molecule has 1 heterocycles. The lowest BCUT2D eigenvalue weighted by Gasteiger charge is -2.17. The standard InChI is InChI=1S/C40H32N4O5S2/c1-49-35-24-31(45)21-20-29(35)22-33(42-37(46)28-16-9-4-10-17-28)38(47)41-30-18-11-19-32(23-30)51-36(27-14-7-3-8-15-27)39(48)44-40-43-34(25-50-40)26-12-5-2-6-13-26/h2-25,36,45H,1H3,(H,41,47)(H,42,46)(H,43,44,48)/b33-22+. The quantitative estimate of drug-likeness (QED) is 0.0741. The van der Waals surface area contributed by atoms with E-state index < -0.39 is 17.1 Å². The molecule has 1 atom stereocenters. The van der Waals surface area contributed by atoms with E-state index in [1.54, 1.807) is 54.6 Å². The first-order valence-electron chi connectivity index (χ1n) is 15.8. The molecule has 11 heteroatoms. The van der Waals surface area contributed by atoms with Gasteiger partial charge in [0, 0.05) is 38.7 Å². The van der Waals surface area contributed by atoms with E-state index in [4.69, 9.17) is 4.74 Å². The zero-order chi connectivity index (χ0) is 35.6. The van der Waals surface area contributed by atoms with Gasteiger partial charge in [-0.1, -0.05) is 84.9 Å². The van der Waals surface area contributed by atoms with Crippen LogP contribution in [-0.4, -0.2) is 34.9 Å². The van der Waals surface area contributed by atoms with Gasteiger partial charge in [-0.25, -0.2) is 4.98 Å². The van der Waals surface area contributed by atoms with E-state index in [1.165, 1.54) is 48.4 Å². The third-order valence-corrected chi connectivity index (χ3v) is 9.54. The van der Waals surface area contributed by atoms with Crippen LogP contribution in [0.2, 0.25) is 0 Å². The van der Waals surface area contributed by atoms with Gasteiger partial charge in [0.1, 0.15) is 22.4 Å². The summed E-state index contributed by atoms with van der Waals surface area (Å²) in [5.41, 5.74) is 3.76. The van der Waals surface area contributed by atoms with E-state index in [2.05, 4.69) is 20.9 Å². The minimum atomic E-state index is -0.635.